The van der Waals surface area contributed by atoms with E-state index < -0.39 is 0 Å². The molecule has 0 aliphatic carbocycles. The molecule has 0 fully saturated rings. The van der Waals surface area contributed by atoms with Crippen LogP contribution in [0.15, 0.2) is 48.5 Å². The number of tetrazole rings is 1. The van der Waals surface area contributed by atoms with Crippen LogP contribution in [0.3, 0.4) is 0 Å². The molecule has 0 unspecified atom stereocenters. The number of nitrogens with zero attached hydrogens (tertiary/aromatic N) is 4. The standard InChI is InChI=1S/C16H15FN6O/c1-11-5-7-13(8-6-11)19-16(24)18-10-15-20-21-22-23(15)14-4-2-3-12(17)9-14/h2-9H,10H2,1H3,(H2,18,19,24). The molecule has 8 heteroatoms. The van der Waals surface area contributed by atoms with Crippen molar-refractivity contribution >= 4 is 11.7 Å². The van der Waals surface area contributed by atoms with E-state index in [2.05, 4.69) is 26.2 Å². The van der Waals surface area contributed by atoms with Crippen LogP contribution < -0.4 is 10.6 Å². The number of aryl methyl sites for hydroxylation is 1. The molecule has 0 saturated carbocycles. The smallest absolute Gasteiger partial charge is 0.319 e. The van der Waals surface area contributed by atoms with E-state index in [0.29, 0.717) is 17.2 Å². The van der Waals surface area contributed by atoms with Crippen LogP contribution in [0, 0.1) is 12.7 Å². The molecule has 1 aromatic heterocycles. The Labute approximate surface area is 137 Å². The van der Waals surface area contributed by atoms with Crippen LogP contribution in [0.25, 0.3) is 5.69 Å². The first kappa shape index (κ1) is 15.6. The molecule has 0 saturated heterocycles. The van der Waals surface area contributed by atoms with Crippen molar-refractivity contribution in [2.45, 2.75) is 13.5 Å². The van der Waals surface area contributed by atoms with Crippen LogP contribution in [0.1, 0.15) is 11.4 Å². The number of nitrogens with one attached hydrogen (secondary N) is 2. The van der Waals surface area contributed by atoms with Gasteiger partial charge < -0.3 is 10.6 Å². The van der Waals surface area contributed by atoms with Gasteiger partial charge in [0.25, 0.3) is 0 Å². The average molecular weight is 326 g/mol. The molecule has 2 aromatic carbocycles. The van der Waals surface area contributed by atoms with Gasteiger partial charge in [-0.2, -0.15) is 4.68 Å². The van der Waals surface area contributed by atoms with E-state index in [9.17, 15) is 9.18 Å². The molecule has 7 nitrogen and oxygen atoms in total. The molecular weight excluding hydrogens is 311 g/mol. The lowest BCUT2D eigenvalue weighted by Gasteiger charge is -2.08. The van der Waals surface area contributed by atoms with Crippen molar-refractivity contribution in [1.82, 2.24) is 25.5 Å². The quantitative estimate of drug-likeness (QED) is 0.771. The van der Waals surface area contributed by atoms with E-state index in [-0.39, 0.29) is 18.4 Å². The van der Waals surface area contributed by atoms with Crippen LogP contribution in [0.5, 0.6) is 0 Å². The first-order chi connectivity index (χ1) is 11.6. The van der Waals surface area contributed by atoms with E-state index in [1.807, 2.05) is 31.2 Å². The Bertz CT molecular complexity index is 846. The lowest BCUT2D eigenvalue weighted by Crippen LogP contribution is -2.29. The third-order valence-electron chi connectivity index (χ3n) is 3.30. The normalized spacial score (nSPS) is 10.4. The Morgan fingerprint density at radius 3 is 2.75 bits per heavy atom. The number of benzene rings is 2. The summed E-state index contributed by atoms with van der Waals surface area (Å²) in [6, 6.07) is 12.9. The van der Waals surface area contributed by atoms with E-state index in [4.69, 9.17) is 0 Å². The molecule has 122 valence electrons. The molecule has 24 heavy (non-hydrogen) atoms. The van der Waals surface area contributed by atoms with E-state index >= 15 is 0 Å². The Kier molecular flexibility index (Phi) is 4.46. The lowest BCUT2D eigenvalue weighted by molar-refractivity contribution is 0.251. The summed E-state index contributed by atoms with van der Waals surface area (Å²) in [5.74, 6) is -0.00122. The molecule has 3 rings (SSSR count). The zero-order valence-electron chi connectivity index (χ0n) is 12.9. The van der Waals surface area contributed by atoms with Gasteiger partial charge in [0.15, 0.2) is 5.82 Å². The van der Waals surface area contributed by atoms with Crippen LogP contribution >= 0.6 is 0 Å². The topological polar surface area (TPSA) is 84.7 Å². The molecule has 3 aromatic rings. The molecule has 0 atom stereocenters. The minimum absolute atomic E-state index is 0.0984. The van der Waals surface area contributed by atoms with Crippen LogP contribution in [-0.4, -0.2) is 26.2 Å². The summed E-state index contributed by atoms with van der Waals surface area (Å²) in [4.78, 5) is 11.9. The highest BCUT2D eigenvalue weighted by Gasteiger charge is 2.10. The SMILES string of the molecule is Cc1ccc(NC(=O)NCc2nnnn2-c2cccc(F)c2)cc1. The summed E-state index contributed by atoms with van der Waals surface area (Å²) in [5, 5.41) is 16.6. The maximum Gasteiger partial charge on any atom is 0.319 e. The summed E-state index contributed by atoms with van der Waals surface area (Å²) < 4.78 is 14.7. The van der Waals surface area contributed by atoms with Crippen molar-refractivity contribution in [1.29, 1.82) is 0 Å². The highest BCUT2D eigenvalue weighted by Crippen LogP contribution is 2.10. The molecule has 0 bridgehead atoms. The van der Waals surface area contributed by atoms with Gasteiger partial charge in [-0.15, -0.1) is 5.10 Å². The average Bonchev–Trinajstić information content (AvgIpc) is 3.04. The number of urea groups is 1. The summed E-state index contributed by atoms with van der Waals surface area (Å²) in [7, 11) is 0. The van der Waals surface area contributed by atoms with Gasteiger partial charge in [-0.05, 0) is 47.7 Å². The fourth-order valence-corrected chi connectivity index (χ4v) is 2.10. The lowest BCUT2D eigenvalue weighted by atomic mass is 10.2. The Morgan fingerprint density at radius 1 is 1.21 bits per heavy atom. The van der Waals surface area contributed by atoms with Crippen molar-refractivity contribution in [3.8, 4) is 5.69 Å². The van der Waals surface area contributed by atoms with Gasteiger partial charge in [-0.1, -0.05) is 23.8 Å². The van der Waals surface area contributed by atoms with Gasteiger partial charge in [-0.25, -0.2) is 9.18 Å². The molecule has 0 radical (unpaired) electrons. The maximum atomic E-state index is 13.3. The largest absolute Gasteiger partial charge is 0.330 e. The minimum atomic E-state index is -0.390. The number of hydrogen-bond acceptors (Lipinski definition) is 4. The van der Waals surface area contributed by atoms with Gasteiger partial charge in [0, 0.05) is 5.69 Å². The van der Waals surface area contributed by atoms with Crippen molar-refractivity contribution in [2.24, 2.45) is 0 Å². The van der Waals surface area contributed by atoms with Gasteiger partial charge in [-0.3, -0.25) is 0 Å². The molecule has 0 spiro atoms. The monoisotopic (exact) mass is 326 g/mol. The van der Waals surface area contributed by atoms with Gasteiger partial charge in [0.2, 0.25) is 0 Å². The highest BCUT2D eigenvalue weighted by molar-refractivity contribution is 5.89. The van der Waals surface area contributed by atoms with Crippen molar-refractivity contribution < 1.29 is 9.18 Å². The molecule has 2 amide bonds. The molecular formula is C16H15FN6O. The number of carbonyl (C=O) groups excluding carboxylic acids is 1. The second kappa shape index (κ2) is 6.86. The first-order valence-electron chi connectivity index (χ1n) is 7.26. The van der Waals surface area contributed by atoms with Crippen LogP contribution in [0.2, 0.25) is 0 Å². The second-order valence-electron chi connectivity index (χ2n) is 5.16. The number of anilines is 1. The Morgan fingerprint density at radius 2 is 2.00 bits per heavy atom. The highest BCUT2D eigenvalue weighted by atomic mass is 19.1. The Balaban J connectivity index is 1.64. The summed E-state index contributed by atoms with van der Waals surface area (Å²) in [6.45, 7) is 2.07. The minimum Gasteiger partial charge on any atom is -0.330 e. The number of rotatable bonds is 4. The van der Waals surface area contributed by atoms with Gasteiger partial charge in [0.05, 0.1) is 12.2 Å². The number of hydrogen-bond donors (Lipinski definition) is 2. The number of amides is 2. The van der Waals surface area contributed by atoms with Crippen molar-refractivity contribution in [3.63, 3.8) is 0 Å². The number of halogens is 1. The molecule has 0 aliphatic rings. The summed E-state index contributed by atoms with van der Waals surface area (Å²) in [5.41, 5.74) is 2.27. The fraction of sp³-hybridized carbons (Fsp3) is 0.125. The molecule has 1 heterocycles. The van der Waals surface area contributed by atoms with Gasteiger partial charge >= 0.3 is 6.03 Å². The number of carbonyl (C=O) groups is 1. The Hall–Kier alpha value is -3.29. The number of aromatic nitrogens is 4. The van der Waals surface area contributed by atoms with Crippen molar-refractivity contribution in [2.75, 3.05) is 5.32 Å². The third kappa shape index (κ3) is 3.72. The van der Waals surface area contributed by atoms with Gasteiger partial charge in [0.1, 0.15) is 5.82 Å². The van der Waals surface area contributed by atoms with E-state index in [1.54, 1.807) is 12.1 Å². The zero-order chi connectivity index (χ0) is 16.9. The molecule has 0 aliphatic heterocycles. The fourth-order valence-electron chi connectivity index (χ4n) is 2.10. The predicted molar refractivity (Wildman–Crippen MR) is 86.1 cm³/mol. The maximum absolute atomic E-state index is 13.3. The second-order valence-corrected chi connectivity index (χ2v) is 5.16. The predicted octanol–water partition coefficient (Wildman–Crippen LogP) is 2.43. The van der Waals surface area contributed by atoms with Crippen LogP contribution in [0.4, 0.5) is 14.9 Å². The van der Waals surface area contributed by atoms with E-state index in [0.717, 1.165) is 5.56 Å². The third-order valence-corrected chi connectivity index (χ3v) is 3.30. The summed E-state index contributed by atoms with van der Waals surface area (Å²) in [6.07, 6.45) is 0. The van der Waals surface area contributed by atoms with Crippen molar-refractivity contribution in [3.05, 3.63) is 65.7 Å². The summed E-state index contributed by atoms with van der Waals surface area (Å²) >= 11 is 0. The van der Waals surface area contributed by atoms with E-state index in [1.165, 1.54) is 16.8 Å². The first-order valence-corrected chi connectivity index (χ1v) is 7.26. The zero-order valence-corrected chi connectivity index (χ0v) is 12.9. The molecule has 2 N–H and O–H groups in total. The van der Waals surface area contributed by atoms with Crippen LogP contribution in [-0.2, 0) is 6.54 Å².